The highest BCUT2D eigenvalue weighted by atomic mass is 16.2. The minimum absolute atomic E-state index is 0.0833. The summed E-state index contributed by atoms with van der Waals surface area (Å²) in [6.07, 6.45) is 6.61. The van der Waals surface area contributed by atoms with Crippen LogP contribution < -0.4 is 0 Å². The van der Waals surface area contributed by atoms with Crippen LogP contribution in [0.2, 0.25) is 0 Å². The molecular formula is C22H19N5O. The molecule has 28 heavy (non-hydrogen) atoms. The van der Waals surface area contributed by atoms with Gasteiger partial charge in [0.05, 0.1) is 28.5 Å². The van der Waals surface area contributed by atoms with Crippen molar-refractivity contribution in [2.75, 3.05) is 7.05 Å². The second-order valence-corrected chi connectivity index (χ2v) is 6.53. The molecule has 1 unspecified atom stereocenters. The fraction of sp³-hybridized carbons (Fsp3) is 0.136. The lowest BCUT2D eigenvalue weighted by Gasteiger charge is -2.25. The van der Waals surface area contributed by atoms with E-state index in [1.54, 1.807) is 30.5 Å². The first-order valence-electron chi connectivity index (χ1n) is 8.98. The Kier molecular flexibility index (Phi) is 4.76. The van der Waals surface area contributed by atoms with Gasteiger partial charge in [0.15, 0.2) is 0 Å². The Morgan fingerprint density at radius 3 is 2.50 bits per heavy atom. The summed E-state index contributed by atoms with van der Waals surface area (Å²) >= 11 is 0. The van der Waals surface area contributed by atoms with Crippen LogP contribution in [0.25, 0.3) is 22.2 Å². The Bertz CT molecular complexity index is 1120. The van der Waals surface area contributed by atoms with E-state index in [1.165, 1.54) is 6.33 Å². The van der Waals surface area contributed by atoms with Crippen molar-refractivity contribution in [3.63, 3.8) is 0 Å². The number of nitrogens with zero attached hydrogens (tertiary/aromatic N) is 5. The third kappa shape index (κ3) is 3.32. The van der Waals surface area contributed by atoms with Crippen LogP contribution in [0, 0.1) is 0 Å². The van der Waals surface area contributed by atoms with E-state index in [0.29, 0.717) is 5.56 Å². The predicted molar refractivity (Wildman–Crippen MR) is 108 cm³/mol. The van der Waals surface area contributed by atoms with Crippen LogP contribution >= 0.6 is 0 Å². The monoisotopic (exact) mass is 369 g/mol. The average Bonchev–Trinajstić information content (AvgIpc) is 2.78. The number of para-hydroxylation sites is 1. The van der Waals surface area contributed by atoms with Crippen LogP contribution in [0.4, 0.5) is 0 Å². The first kappa shape index (κ1) is 17.7. The van der Waals surface area contributed by atoms with E-state index < -0.39 is 0 Å². The summed E-state index contributed by atoms with van der Waals surface area (Å²) in [7, 11) is 1.79. The minimum Gasteiger partial charge on any atom is -0.333 e. The Morgan fingerprint density at radius 1 is 1.00 bits per heavy atom. The molecule has 0 radical (unpaired) electrons. The fourth-order valence-corrected chi connectivity index (χ4v) is 3.14. The lowest BCUT2D eigenvalue weighted by Crippen LogP contribution is -2.30. The van der Waals surface area contributed by atoms with Crippen LogP contribution in [0.1, 0.15) is 29.0 Å². The number of rotatable bonds is 4. The number of amides is 1. The summed E-state index contributed by atoms with van der Waals surface area (Å²) < 4.78 is 0. The first-order chi connectivity index (χ1) is 13.6. The number of pyridine rings is 2. The van der Waals surface area contributed by atoms with Gasteiger partial charge < -0.3 is 4.90 Å². The van der Waals surface area contributed by atoms with E-state index in [0.717, 1.165) is 27.9 Å². The second kappa shape index (κ2) is 7.52. The SMILES string of the molecule is CC(c1ccncn1)N(C)C(=O)c1cc(-c2ccncc2)nc2ccccc12. The number of carbonyl (C=O) groups is 1. The van der Waals surface area contributed by atoms with Crippen molar-refractivity contribution in [2.24, 2.45) is 0 Å². The fourth-order valence-electron chi connectivity index (χ4n) is 3.14. The van der Waals surface area contributed by atoms with Crippen molar-refractivity contribution in [3.05, 3.63) is 84.7 Å². The van der Waals surface area contributed by atoms with Gasteiger partial charge in [-0.1, -0.05) is 18.2 Å². The van der Waals surface area contributed by atoms with E-state index in [9.17, 15) is 4.79 Å². The van der Waals surface area contributed by atoms with Gasteiger partial charge in [0.25, 0.3) is 5.91 Å². The molecule has 6 nitrogen and oxygen atoms in total. The predicted octanol–water partition coefficient (Wildman–Crippen LogP) is 3.92. The second-order valence-electron chi connectivity index (χ2n) is 6.53. The largest absolute Gasteiger partial charge is 0.333 e. The molecule has 3 aromatic heterocycles. The smallest absolute Gasteiger partial charge is 0.254 e. The zero-order valence-corrected chi connectivity index (χ0v) is 15.6. The summed E-state index contributed by atoms with van der Waals surface area (Å²) in [5, 5.41) is 0.826. The molecule has 4 aromatic rings. The Balaban J connectivity index is 1.79. The maximum absolute atomic E-state index is 13.4. The van der Waals surface area contributed by atoms with Gasteiger partial charge in [0.2, 0.25) is 0 Å². The van der Waals surface area contributed by atoms with Gasteiger partial charge >= 0.3 is 0 Å². The highest BCUT2D eigenvalue weighted by Gasteiger charge is 2.22. The van der Waals surface area contributed by atoms with Gasteiger partial charge in [-0.25, -0.2) is 15.0 Å². The average molecular weight is 369 g/mol. The molecule has 1 atom stereocenters. The highest BCUT2D eigenvalue weighted by molar-refractivity contribution is 6.07. The summed E-state index contributed by atoms with van der Waals surface area (Å²) in [6, 6.07) is 14.9. The normalized spacial score (nSPS) is 11.9. The van der Waals surface area contributed by atoms with Gasteiger partial charge in [-0.05, 0) is 37.3 Å². The van der Waals surface area contributed by atoms with E-state index in [4.69, 9.17) is 4.98 Å². The van der Waals surface area contributed by atoms with E-state index in [-0.39, 0.29) is 11.9 Å². The lowest BCUT2D eigenvalue weighted by atomic mass is 10.0. The molecule has 3 heterocycles. The van der Waals surface area contributed by atoms with Gasteiger partial charge in [-0.15, -0.1) is 0 Å². The van der Waals surface area contributed by atoms with Crippen LogP contribution in [-0.4, -0.2) is 37.8 Å². The standard InChI is InChI=1S/C22H19N5O/c1-15(19-9-12-24-14-25-19)27(2)22(28)18-13-21(16-7-10-23-11-8-16)26-20-6-4-3-5-17(18)20/h3-15H,1-2H3. The third-order valence-electron chi connectivity index (χ3n) is 4.86. The zero-order chi connectivity index (χ0) is 19.5. The molecular weight excluding hydrogens is 350 g/mol. The van der Waals surface area contributed by atoms with Crippen molar-refractivity contribution in [1.29, 1.82) is 0 Å². The molecule has 0 fully saturated rings. The molecule has 0 saturated heterocycles. The molecule has 0 spiro atoms. The quantitative estimate of drug-likeness (QED) is 0.545. The van der Waals surface area contributed by atoms with Crippen molar-refractivity contribution >= 4 is 16.8 Å². The number of carbonyl (C=O) groups excluding carboxylic acids is 1. The van der Waals surface area contributed by atoms with Crippen molar-refractivity contribution in [2.45, 2.75) is 13.0 Å². The molecule has 0 saturated carbocycles. The number of fused-ring (bicyclic) bond motifs is 1. The van der Waals surface area contributed by atoms with Crippen molar-refractivity contribution in [3.8, 4) is 11.3 Å². The minimum atomic E-state index is -0.188. The Labute approximate surface area is 162 Å². The highest BCUT2D eigenvalue weighted by Crippen LogP contribution is 2.27. The lowest BCUT2D eigenvalue weighted by molar-refractivity contribution is 0.0741. The van der Waals surface area contributed by atoms with Gasteiger partial charge in [-0.3, -0.25) is 9.78 Å². The van der Waals surface area contributed by atoms with Crippen molar-refractivity contribution in [1.82, 2.24) is 24.8 Å². The van der Waals surface area contributed by atoms with Crippen LogP contribution in [0.5, 0.6) is 0 Å². The molecule has 0 bridgehead atoms. The molecule has 0 aliphatic carbocycles. The van der Waals surface area contributed by atoms with Crippen LogP contribution in [0.3, 0.4) is 0 Å². The number of hydrogen-bond acceptors (Lipinski definition) is 5. The molecule has 4 rings (SSSR count). The Hall–Kier alpha value is -3.67. The van der Waals surface area contributed by atoms with E-state index >= 15 is 0 Å². The van der Waals surface area contributed by atoms with E-state index in [1.807, 2.05) is 55.5 Å². The zero-order valence-electron chi connectivity index (χ0n) is 15.6. The maximum Gasteiger partial charge on any atom is 0.254 e. The number of benzene rings is 1. The first-order valence-corrected chi connectivity index (χ1v) is 8.98. The Morgan fingerprint density at radius 2 is 1.75 bits per heavy atom. The molecule has 1 aromatic carbocycles. The maximum atomic E-state index is 13.4. The molecule has 6 heteroatoms. The van der Waals surface area contributed by atoms with Crippen molar-refractivity contribution < 1.29 is 4.79 Å². The third-order valence-corrected chi connectivity index (χ3v) is 4.86. The molecule has 1 amide bonds. The molecule has 0 N–H and O–H groups in total. The van der Waals surface area contributed by atoms with Crippen LogP contribution in [-0.2, 0) is 0 Å². The summed E-state index contributed by atoms with van der Waals surface area (Å²) in [5.74, 6) is -0.0833. The summed E-state index contributed by atoms with van der Waals surface area (Å²) in [6.45, 7) is 1.95. The summed E-state index contributed by atoms with van der Waals surface area (Å²) in [4.78, 5) is 32.1. The van der Waals surface area contributed by atoms with Gasteiger partial charge in [-0.2, -0.15) is 0 Å². The van der Waals surface area contributed by atoms with Gasteiger partial charge in [0, 0.05) is 36.6 Å². The van der Waals surface area contributed by atoms with Gasteiger partial charge in [0.1, 0.15) is 6.33 Å². The molecule has 138 valence electrons. The number of aromatic nitrogens is 4. The molecule has 0 aliphatic heterocycles. The van der Waals surface area contributed by atoms with E-state index in [2.05, 4.69) is 15.0 Å². The number of hydrogen-bond donors (Lipinski definition) is 0. The topological polar surface area (TPSA) is 71.9 Å². The molecule has 0 aliphatic rings. The summed E-state index contributed by atoms with van der Waals surface area (Å²) in [5.41, 5.74) is 3.84. The van der Waals surface area contributed by atoms with Crippen LogP contribution in [0.15, 0.2) is 73.4 Å².